The Balaban J connectivity index is 2.14. The van der Waals surface area contributed by atoms with Gasteiger partial charge >= 0.3 is 0 Å². The van der Waals surface area contributed by atoms with Crippen molar-refractivity contribution in [2.24, 2.45) is 5.73 Å². The SMILES string of the molecule is CC(N)CCC(=O)NC1CCN(C)C1. The summed E-state index contributed by atoms with van der Waals surface area (Å²) >= 11 is 0. The van der Waals surface area contributed by atoms with E-state index in [2.05, 4.69) is 17.3 Å². The summed E-state index contributed by atoms with van der Waals surface area (Å²) < 4.78 is 0. The third kappa shape index (κ3) is 4.07. The van der Waals surface area contributed by atoms with E-state index in [0.29, 0.717) is 12.5 Å². The monoisotopic (exact) mass is 199 g/mol. The minimum atomic E-state index is 0.118. The maximum absolute atomic E-state index is 11.4. The van der Waals surface area contributed by atoms with Crippen LogP contribution in [-0.4, -0.2) is 43.0 Å². The van der Waals surface area contributed by atoms with E-state index in [0.717, 1.165) is 25.9 Å². The maximum Gasteiger partial charge on any atom is 0.220 e. The van der Waals surface area contributed by atoms with Crippen molar-refractivity contribution in [2.75, 3.05) is 20.1 Å². The summed E-state index contributed by atoms with van der Waals surface area (Å²) in [6.45, 7) is 3.98. The first kappa shape index (κ1) is 11.5. The van der Waals surface area contributed by atoms with Gasteiger partial charge in [-0.05, 0) is 33.4 Å². The lowest BCUT2D eigenvalue weighted by Crippen LogP contribution is -2.37. The number of likely N-dealkylation sites (tertiary alicyclic amines) is 1. The van der Waals surface area contributed by atoms with Crippen molar-refractivity contribution >= 4 is 5.91 Å². The molecular formula is C10H21N3O. The number of hydrogen-bond donors (Lipinski definition) is 2. The summed E-state index contributed by atoms with van der Waals surface area (Å²) in [7, 11) is 2.08. The van der Waals surface area contributed by atoms with Gasteiger partial charge in [0.25, 0.3) is 0 Å². The highest BCUT2D eigenvalue weighted by Gasteiger charge is 2.20. The molecule has 4 heteroatoms. The van der Waals surface area contributed by atoms with Gasteiger partial charge in [0, 0.05) is 25.0 Å². The van der Waals surface area contributed by atoms with E-state index in [4.69, 9.17) is 5.73 Å². The van der Waals surface area contributed by atoms with Crippen LogP contribution in [0.25, 0.3) is 0 Å². The number of nitrogens with zero attached hydrogens (tertiary/aromatic N) is 1. The van der Waals surface area contributed by atoms with Crippen molar-refractivity contribution in [3.8, 4) is 0 Å². The lowest BCUT2D eigenvalue weighted by Gasteiger charge is -2.13. The molecule has 1 amide bonds. The van der Waals surface area contributed by atoms with Gasteiger partial charge in [-0.1, -0.05) is 0 Å². The van der Waals surface area contributed by atoms with Crippen molar-refractivity contribution in [3.05, 3.63) is 0 Å². The summed E-state index contributed by atoms with van der Waals surface area (Å²) in [5.74, 6) is 0.141. The molecule has 0 aromatic rings. The van der Waals surface area contributed by atoms with Crippen molar-refractivity contribution in [1.29, 1.82) is 0 Å². The summed E-state index contributed by atoms with van der Waals surface area (Å²) in [6, 6.07) is 0.465. The van der Waals surface area contributed by atoms with Crippen LogP contribution in [0.15, 0.2) is 0 Å². The Morgan fingerprint density at radius 2 is 2.43 bits per heavy atom. The molecule has 0 aliphatic carbocycles. The Labute approximate surface area is 85.8 Å². The lowest BCUT2D eigenvalue weighted by molar-refractivity contribution is -0.121. The Kier molecular flexibility index (Phi) is 4.35. The summed E-state index contributed by atoms with van der Waals surface area (Å²) in [5.41, 5.74) is 5.58. The highest BCUT2D eigenvalue weighted by Crippen LogP contribution is 2.06. The lowest BCUT2D eigenvalue weighted by atomic mass is 10.2. The molecule has 14 heavy (non-hydrogen) atoms. The summed E-state index contributed by atoms with van der Waals surface area (Å²) in [6.07, 6.45) is 2.40. The molecule has 0 spiro atoms. The number of rotatable bonds is 4. The Morgan fingerprint density at radius 1 is 1.71 bits per heavy atom. The van der Waals surface area contributed by atoms with Crippen LogP contribution in [0.5, 0.6) is 0 Å². The average molecular weight is 199 g/mol. The van der Waals surface area contributed by atoms with E-state index in [1.807, 2.05) is 6.92 Å². The molecule has 1 rings (SSSR count). The molecule has 0 radical (unpaired) electrons. The molecule has 1 heterocycles. The first-order chi connectivity index (χ1) is 6.58. The molecule has 0 aromatic carbocycles. The van der Waals surface area contributed by atoms with Gasteiger partial charge in [-0.2, -0.15) is 0 Å². The van der Waals surface area contributed by atoms with Crippen molar-refractivity contribution in [1.82, 2.24) is 10.2 Å². The first-order valence-corrected chi connectivity index (χ1v) is 5.31. The normalized spacial score (nSPS) is 24.9. The van der Waals surface area contributed by atoms with Crippen LogP contribution < -0.4 is 11.1 Å². The molecular weight excluding hydrogens is 178 g/mol. The molecule has 2 unspecified atom stereocenters. The second-order valence-corrected chi connectivity index (χ2v) is 4.33. The number of nitrogens with one attached hydrogen (secondary N) is 1. The smallest absolute Gasteiger partial charge is 0.220 e. The largest absolute Gasteiger partial charge is 0.352 e. The second-order valence-electron chi connectivity index (χ2n) is 4.33. The predicted molar refractivity (Wildman–Crippen MR) is 56.9 cm³/mol. The fourth-order valence-electron chi connectivity index (χ4n) is 1.71. The number of likely N-dealkylation sites (N-methyl/N-ethyl adjacent to an activating group) is 1. The van der Waals surface area contributed by atoms with Crippen molar-refractivity contribution in [3.63, 3.8) is 0 Å². The predicted octanol–water partition coefficient (Wildman–Crippen LogP) is -0.0659. The third-order valence-electron chi connectivity index (χ3n) is 2.58. The molecule has 0 aromatic heterocycles. The number of carbonyl (C=O) groups is 1. The van der Waals surface area contributed by atoms with Crippen LogP contribution in [0, 0.1) is 0 Å². The van der Waals surface area contributed by atoms with E-state index in [9.17, 15) is 4.79 Å². The van der Waals surface area contributed by atoms with Gasteiger partial charge in [-0.15, -0.1) is 0 Å². The van der Waals surface area contributed by atoms with Crippen LogP contribution in [0.1, 0.15) is 26.2 Å². The molecule has 82 valence electrons. The van der Waals surface area contributed by atoms with E-state index in [1.165, 1.54) is 0 Å². The third-order valence-corrected chi connectivity index (χ3v) is 2.58. The van der Waals surface area contributed by atoms with Crippen LogP contribution in [0.3, 0.4) is 0 Å². The van der Waals surface area contributed by atoms with Gasteiger partial charge in [-0.3, -0.25) is 4.79 Å². The molecule has 2 atom stereocenters. The Bertz CT molecular complexity index is 194. The second kappa shape index (κ2) is 5.32. The van der Waals surface area contributed by atoms with Gasteiger partial charge in [0.2, 0.25) is 5.91 Å². The number of amides is 1. The van der Waals surface area contributed by atoms with Crippen LogP contribution >= 0.6 is 0 Å². The van der Waals surface area contributed by atoms with Gasteiger partial charge in [-0.25, -0.2) is 0 Å². The topological polar surface area (TPSA) is 58.4 Å². The van der Waals surface area contributed by atoms with E-state index in [1.54, 1.807) is 0 Å². The molecule has 0 bridgehead atoms. The summed E-state index contributed by atoms with van der Waals surface area (Å²) in [4.78, 5) is 13.7. The molecule has 1 saturated heterocycles. The molecule has 3 N–H and O–H groups in total. The minimum Gasteiger partial charge on any atom is -0.352 e. The van der Waals surface area contributed by atoms with Gasteiger partial charge in [0.1, 0.15) is 0 Å². The Morgan fingerprint density at radius 3 is 2.93 bits per heavy atom. The van der Waals surface area contributed by atoms with E-state index in [-0.39, 0.29) is 11.9 Å². The quantitative estimate of drug-likeness (QED) is 0.666. The average Bonchev–Trinajstić information content (AvgIpc) is 2.48. The fourth-order valence-corrected chi connectivity index (χ4v) is 1.71. The van der Waals surface area contributed by atoms with Gasteiger partial charge < -0.3 is 16.0 Å². The zero-order valence-corrected chi connectivity index (χ0v) is 9.12. The highest BCUT2D eigenvalue weighted by atomic mass is 16.1. The van der Waals surface area contributed by atoms with E-state index < -0.39 is 0 Å². The molecule has 1 aliphatic rings. The zero-order chi connectivity index (χ0) is 10.6. The number of hydrogen-bond acceptors (Lipinski definition) is 3. The standard InChI is InChI=1S/C10H21N3O/c1-8(11)3-4-10(14)12-9-5-6-13(2)7-9/h8-9H,3-7,11H2,1-2H3,(H,12,14). The van der Waals surface area contributed by atoms with Crippen molar-refractivity contribution < 1.29 is 4.79 Å². The van der Waals surface area contributed by atoms with Crippen LogP contribution in [0.4, 0.5) is 0 Å². The van der Waals surface area contributed by atoms with E-state index >= 15 is 0 Å². The fraction of sp³-hybridized carbons (Fsp3) is 0.900. The first-order valence-electron chi connectivity index (χ1n) is 5.31. The highest BCUT2D eigenvalue weighted by molar-refractivity contribution is 5.76. The van der Waals surface area contributed by atoms with Crippen LogP contribution in [-0.2, 0) is 4.79 Å². The number of nitrogens with two attached hydrogens (primary N) is 1. The maximum atomic E-state index is 11.4. The molecule has 1 fully saturated rings. The van der Waals surface area contributed by atoms with Crippen molar-refractivity contribution in [2.45, 2.75) is 38.3 Å². The molecule has 0 saturated carbocycles. The Hall–Kier alpha value is -0.610. The van der Waals surface area contributed by atoms with Gasteiger partial charge in [0.15, 0.2) is 0 Å². The number of carbonyl (C=O) groups excluding carboxylic acids is 1. The zero-order valence-electron chi connectivity index (χ0n) is 9.12. The van der Waals surface area contributed by atoms with Gasteiger partial charge in [0.05, 0.1) is 0 Å². The molecule has 1 aliphatic heterocycles. The van der Waals surface area contributed by atoms with Crippen LogP contribution in [0.2, 0.25) is 0 Å². The minimum absolute atomic E-state index is 0.118. The molecule has 4 nitrogen and oxygen atoms in total. The summed E-state index contributed by atoms with van der Waals surface area (Å²) in [5, 5.41) is 3.03.